The Kier molecular flexibility index (Phi) is 3.64. The van der Waals surface area contributed by atoms with E-state index in [1.165, 1.54) is 12.0 Å². The molecule has 29 heavy (non-hydrogen) atoms. The van der Waals surface area contributed by atoms with Crippen LogP contribution in [0.1, 0.15) is 21.7 Å². The highest BCUT2D eigenvalue weighted by atomic mass is 16.5. The minimum Gasteiger partial charge on any atom is -0.497 e. The number of furan rings is 1. The lowest BCUT2D eigenvalue weighted by Gasteiger charge is -2.29. The fraction of sp³-hybridized carbons (Fsp3) is 0.190. The van der Waals surface area contributed by atoms with Crippen molar-refractivity contribution >= 4 is 28.8 Å². The molecule has 1 fully saturated rings. The van der Waals surface area contributed by atoms with E-state index in [2.05, 4.69) is 10.6 Å². The Balaban J connectivity index is 1.54. The number of carbonyl (C=O) groups excluding carboxylic acids is 3. The number of imide groups is 1. The summed E-state index contributed by atoms with van der Waals surface area (Å²) in [5.41, 5.74) is 0.448. The topological polar surface area (TPSA) is 101 Å². The summed E-state index contributed by atoms with van der Waals surface area (Å²) in [4.78, 5) is 39.4. The lowest BCUT2D eigenvalue weighted by atomic mass is 9.95. The Morgan fingerprint density at radius 3 is 2.69 bits per heavy atom. The maximum Gasteiger partial charge on any atom is 0.322 e. The molecule has 5 rings (SSSR count). The van der Waals surface area contributed by atoms with Crippen molar-refractivity contribution in [2.75, 3.05) is 13.7 Å². The molecule has 0 spiro atoms. The van der Waals surface area contributed by atoms with Crippen LogP contribution in [0.15, 0.2) is 52.9 Å². The molecule has 8 nitrogen and oxygen atoms in total. The normalized spacial score (nSPS) is 20.7. The van der Waals surface area contributed by atoms with Gasteiger partial charge in [-0.1, -0.05) is 24.3 Å². The molecule has 1 aromatic heterocycles. The van der Waals surface area contributed by atoms with Gasteiger partial charge in [-0.05, 0) is 29.8 Å². The molecule has 2 aliphatic heterocycles. The summed E-state index contributed by atoms with van der Waals surface area (Å²) in [6.45, 7) is 0.267. The summed E-state index contributed by atoms with van der Waals surface area (Å²) < 4.78 is 11.1. The highest BCUT2D eigenvalue weighted by Gasteiger charge is 2.52. The van der Waals surface area contributed by atoms with Gasteiger partial charge in [0.15, 0.2) is 5.54 Å². The predicted octanol–water partition coefficient (Wildman–Crippen LogP) is 2.13. The van der Waals surface area contributed by atoms with Crippen LogP contribution in [-0.2, 0) is 16.9 Å². The Hall–Kier alpha value is -3.81. The number of hydrogen-bond donors (Lipinski definition) is 2. The van der Waals surface area contributed by atoms with Gasteiger partial charge in [-0.25, -0.2) is 4.79 Å². The number of urea groups is 1. The molecule has 146 valence electrons. The van der Waals surface area contributed by atoms with Crippen LogP contribution < -0.4 is 15.4 Å². The standard InChI is InChI=1S/C21H17N3O5/c1-28-14-7-6-13-10-24(18(25)15(13)9-14)11-21(19(26)22-20(27)23-21)17-8-12-4-2-3-5-16(12)29-17/h2-9H,10-11H2,1H3,(H2,22,23,26,27)/t21-/m0/s1. The quantitative estimate of drug-likeness (QED) is 0.664. The van der Waals surface area contributed by atoms with E-state index in [9.17, 15) is 14.4 Å². The Morgan fingerprint density at radius 2 is 1.97 bits per heavy atom. The van der Waals surface area contributed by atoms with Crippen molar-refractivity contribution in [3.05, 3.63) is 65.4 Å². The predicted molar refractivity (Wildman–Crippen MR) is 102 cm³/mol. The zero-order chi connectivity index (χ0) is 20.2. The molecule has 0 saturated carbocycles. The molecule has 1 saturated heterocycles. The largest absolute Gasteiger partial charge is 0.497 e. The summed E-state index contributed by atoms with van der Waals surface area (Å²) in [6.07, 6.45) is 0. The van der Waals surface area contributed by atoms with E-state index < -0.39 is 17.5 Å². The van der Waals surface area contributed by atoms with E-state index in [1.54, 1.807) is 24.3 Å². The van der Waals surface area contributed by atoms with Gasteiger partial charge in [-0.2, -0.15) is 0 Å². The van der Waals surface area contributed by atoms with Gasteiger partial charge in [-0.15, -0.1) is 0 Å². The molecule has 2 aromatic carbocycles. The van der Waals surface area contributed by atoms with Crippen molar-refractivity contribution < 1.29 is 23.5 Å². The number of nitrogens with zero attached hydrogens (tertiary/aromatic N) is 1. The molecule has 8 heteroatoms. The van der Waals surface area contributed by atoms with Crippen molar-refractivity contribution in [3.63, 3.8) is 0 Å². The summed E-state index contributed by atoms with van der Waals surface area (Å²) in [5.74, 6) is 0.0764. The first-order valence-corrected chi connectivity index (χ1v) is 9.09. The van der Waals surface area contributed by atoms with Gasteiger partial charge in [0.25, 0.3) is 11.8 Å². The van der Waals surface area contributed by atoms with E-state index in [0.717, 1.165) is 10.9 Å². The fourth-order valence-corrected chi connectivity index (χ4v) is 3.93. The third-order valence-electron chi connectivity index (χ3n) is 5.41. The lowest BCUT2D eigenvalue weighted by molar-refractivity contribution is -0.125. The highest BCUT2D eigenvalue weighted by Crippen LogP contribution is 2.34. The van der Waals surface area contributed by atoms with Gasteiger partial charge in [0.05, 0.1) is 13.7 Å². The van der Waals surface area contributed by atoms with Gasteiger partial charge in [-0.3, -0.25) is 14.9 Å². The molecule has 0 aliphatic carbocycles. The number of para-hydroxylation sites is 1. The number of fused-ring (bicyclic) bond motifs is 2. The minimum absolute atomic E-state index is 0.0553. The van der Waals surface area contributed by atoms with Crippen LogP contribution in [0, 0.1) is 0 Å². The van der Waals surface area contributed by atoms with Crippen LogP contribution in [-0.4, -0.2) is 36.4 Å². The van der Waals surface area contributed by atoms with Gasteiger partial charge >= 0.3 is 6.03 Å². The highest BCUT2D eigenvalue weighted by molar-refractivity contribution is 6.08. The molecule has 3 heterocycles. The third-order valence-corrected chi connectivity index (χ3v) is 5.41. The fourth-order valence-electron chi connectivity index (χ4n) is 3.93. The number of hydrogen-bond acceptors (Lipinski definition) is 5. The van der Waals surface area contributed by atoms with Crippen LogP contribution in [0.25, 0.3) is 11.0 Å². The van der Waals surface area contributed by atoms with Crippen molar-refractivity contribution in [2.24, 2.45) is 0 Å². The maximum atomic E-state index is 13.0. The second-order valence-corrected chi connectivity index (χ2v) is 7.15. The van der Waals surface area contributed by atoms with E-state index in [4.69, 9.17) is 9.15 Å². The van der Waals surface area contributed by atoms with Crippen LogP contribution in [0.2, 0.25) is 0 Å². The molecule has 2 N–H and O–H groups in total. The molecule has 1 atom stereocenters. The van der Waals surface area contributed by atoms with Crippen molar-refractivity contribution in [1.82, 2.24) is 15.5 Å². The Bertz CT molecular complexity index is 1150. The number of ether oxygens (including phenoxy) is 1. The summed E-state index contributed by atoms with van der Waals surface area (Å²) >= 11 is 0. The molecule has 0 bridgehead atoms. The van der Waals surface area contributed by atoms with Crippen LogP contribution >= 0.6 is 0 Å². The van der Waals surface area contributed by atoms with Crippen LogP contribution in [0.4, 0.5) is 4.79 Å². The minimum atomic E-state index is -1.50. The van der Waals surface area contributed by atoms with E-state index in [-0.39, 0.29) is 18.2 Å². The third kappa shape index (κ3) is 2.56. The summed E-state index contributed by atoms with van der Waals surface area (Å²) in [5, 5.41) is 5.75. The second kappa shape index (κ2) is 6.10. The first-order chi connectivity index (χ1) is 14.0. The molecule has 2 aliphatic rings. The average molecular weight is 391 g/mol. The molecular weight excluding hydrogens is 374 g/mol. The van der Waals surface area contributed by atoms with Gasteiger partial charge in [0, 0.05) is 17.5 Å². The van der Waals surface area contributed by atoms with E-state index in [1.807, 2.05) is 24.3 Å². The first-order valence-electron chi connectivity index (χ1n) is 9.09. The van der Waals surface area contributed by atoms with Crippen molar-refractivity contribution in [2.45, 2.75) is 12.1 Å². The Labute approximate surface area is 165 Å². The van der Waals surface area contributed by atoms with Crippen LogP contribution in [0.5, 0.6) is 5.75 Å². The molecule has 0 radical (unpaired) electrons. The number of benzene rings is 2. The number of nitrogens with one attached hydrogen (secondary N) is 2. The van der Waals surface area contributed by atoms with Crippen LogP contribution in [0.3, 0.4) is 0 Å². The van der Waals surface area contributed by atoms with Gasteiger partial charge in [0.2, 0.25) is 0 Å². The monoisotopic (exact) mass is 391 g/mol. The summed E-state index contributed by atoms with van der Waals surface area (Å²) in [7, 11) is 1.54. The molecule has 3 aromatic rings. The molecular formula is C21H17N3O5. The number of methoxy groups -OCH3 is 1. The molecule has 0 unspecified atom stereocenters. The van der Waals surface area contributed by atoms with Gasteiger partial charge < -0.3 is 19.4 Å². The number of amides is 4. The second-order valence-electron chi connectivity index (χ2n) is 7.15. The Morgan fingerprint density at radius 1 is 1.14 bits per heavy atom. The average Bonchev–Trinajstić information content (AvgIpc) is 3.36. The zero-order valence-corrected chi connectivity index (χ0v) is 15.5. The van der Waals surface area contributed by atoms with E-state index >= 15 is 0 Å². The SMILES string of the molecule is COc1ccc2c(c1)C(=O)N(C[C@@]1(c3cc4ccccc4o3)NC(=O)NC1=O)C2. The lowest BCUT2D eigenvalue weighted by Crippen LogP contribution is -2.52. The van der Waals surface area contributed by atoms with Crippen molar-refractivity contribution in [3.8, 4) is 5.75 Å². The first kappa shape index (κ1) is 17.3. The summed E-state index contributed by atoms with van der Waals surface area (Å²) in [6, 6.07) is 13.7. The number of rotatable bonds is 4. The molecule has 4 amide bonds. The van der Waals surface area contributed by atoms with Gasteiger partial charge in [0.1, 0.15) is 17.1 Å². The smallest absolute Gasteiger partial charge is 0.322 e. The van der Waals surface area contributed by atoms with E-state index in [0.29, 0.717) is 23.4 Å². The van der Waals surface area contributed by atoms with Crippen molar-refractivity contribution in [1.29, 1.82) is 0 Å². The maximum absolute atomic E-state index is 13.0. The zero-order valence-electron chi connectivity index (χ0n) is 15.5. The number of carbonyl (C=O) groups is 3.